The van der Waals surface area contributed by atoms with Crippen LogP contribution in [0.5, 0.6) is 0 Å². The van der Waals surface area contributed by atoms with Crippen molar-refractivity contribution in [2.45, 2.75) is 51.0 Å². The molecule has 5 nitrogen and oxygen atoms in total. The van der Waals surface area contributed by atoms with Crippen LogP contribution in [0.1, 0.15) is 60.1 Å². The van der Waals surface area contributed by atoms with Crippen LogP contribution in [0, 0.1) is 11.8 Å². The van der Waals surface area contributed by atoms with Gasteiger partial charge in [-0.2, -0.15) is 0 Å². The van der Waals surface area contributed by atoms with Crippen LogP contribution in [-0.4, -0.2) is 29.3 Å². The van der Waals surface area contributed by atoms with Gasteiger partial charge in [-0.05, 0) is 25.0 Å². The molecule has 1 aromatic heterocycles. The quantitative estimate of drug-likeness (QED) is 0.701. The molecule has 0 saturated heterocycles. The Morgan fingerprint density at radius 1 is 1.11 bits per heavy atom. The van der Waals surface area contributed by atoms with Crippen LogP contribution >= 0.6 is 0 Å². The van der Waals surface area contributed by atoms with Crippen LogP contribution in [0.4, 0.5) is 5.69 Å². The van der Waals surface area contributed by atoms with Gasteiger partial charge in [0.15, 0.2) is 0 Å². The molecule has 0 radical (unpaired) electrons. The van der Waals surface area contributed by atoms with Crippen molar-refractivity contribution in [2.24, 2.45) is 4.99 Å². The number of carbonyl (C=O) groups excluding carboxylic acids is 1. The number of aliphatic imine (C=N–C) groups is 1. The van der Waals surface area contributed by atoms with Gasteiger partial charge >= 0.3 is 0 Å². The highest BCUT2D eigenvalue weighted by molar-refractivity contribution is 6.04. The van der Waals surface area contributed by atoms with E-state index in [9.17, 15) is 4.79 Å². The maximum Gasteiger partial charge on any atom is 0.253 e. The molecule has 1 aromatic carbocycles. The van der Waals surface area contributed by atoms with Crippen molar-refractivity contribution in [3.8, 4) is 23.1 Å². The zero-order valence-electron chi connectivity index (χ0n) is 15.9. The topological polar surface area (TPSA) is 69.3 Å². The Hall–Kier alpha value is -3.00. The average Bonchev–Trinajstić information content (AvgIpc) is 3.05. The van der Waals surface area contributed by atoms with Crippen LogP contribution in [0.3, 0.4) is 0 Å². The van der Waals surface area contributed by atoms with Crippen molar-refractivity contribution < 1.29 is 4.79 Å². The van der Waals surface area contributed by atoms with E-state index in [4.69, 9.17) is 4.99 Å². The summed E-state index contributed by atoms with van der Waals surface area (Å²) in [7, 11) is 0. The summed E-state index contributed by atoms with van der Waals surface area (Å²) in [5, 5.41) is 6.48. The Bertz CT molecular complexity index is 1010. The predicted molar refractivity (Wildman–Crippen MR) is 112 cm³/mol. The molecule has 0 spiro atoms. The fourth-order valence-corrected chi connectivity index (χ4v) is 4.37. The standard InChI is InChI=1S/C23H24N4O/c28-23-18-14-20(26-19(18)12-13-24-23)17-10-4-6-15-7-5-11-21(27-22(15)17)25-16-8-2-1-3-9-16/h4,6,10,14,16,26H,1-3,8-9,11-13H2,(H,24,28)(H,25,27). The number of amides is 1. The highest BCUT2D eigenvalue weighted by Crippen LogP contribution is 2.33. The molecule has 0 atom stereocenters. The predicted octanol–water partition coefficient (Wildman–Crippen LogP) is 3.87. The minimum absolute atomic E-state index is 0.00179. The van der Waals surface area contributed by atoms with E-state index in [1.54, 1.807) is 0 Å². The number of benzene rings is 1. The van der Waals surface area contributed by atoms with E-state index in [1.165, 1.54) is 32.1 Å². The Morgan fingerprint density at radius 2 is 2.00 bits per heavy atom. The molecular weight excluding hydrogens is 348 g/mol. The number of fused-ring (bicyclic) bond motifs is 2. The molecule has 142 valence electrons. The molecular formula is C23H24N4O. The summed E-state index contributed by atoms with van der Waals surface area (Å²) < 4.78 is 0. The molecule has 1 amide bonds. The van der Waals surface area contributed by atoms with Gasteiger partial charge in [-0.25, -0.2) is 0 Å². The molecule has 3 N–H and O–H groups in total. The number of aromatic amines is 1. The number of aromatic nitrogens is 1. The van der Waals surface area contributed by atoms with Gasteiger partial charge < -0.3 is 15.6 Å². The Kier molecular flexibility index (Phi) is 4.40. The Labute approximate surface area is 165 Å². The fourth-order valence-electron chi connectivity index (χ4n) is 4.37. The number of carbonyl (C=O) groups is 1. The lowest BCUT2D eigenvalue weighted by Crippen LogP contribution is -2.31. The third kappa shape index (κ3) is 3.20. The number of nitrogens with zero attached hydrogens (tertiary/aromatic N) is 1. The second-order valence-electron chi connectivity index (χ2n) is 7.78. The lowest BCUT2D eigenvalue weighted by atomic mass is 9.96. The van der Waals surface area contributed by atoms with Crippen molar-refractivity contribution in [1.29, 1.82) is 0 Å². The molecule has 1 saturated carbocycles. The second kappa shape index (κ2) is 7.20. The van der Waals surface area contributed by atoms with Crippen LogP contribution in [0.2, 0.25) is 0 Å². The molecule has 2 aliphatic heterocycles. The zero-order valence-corrected chi connectivity index (χ0v) is 15.9. The van der Waals surface area contributed by atoms with Crippen molar-refractivity contribution in [3.63, 3.8) is 0 Å². The molecule has 1 aliphatic carbocycles. The van der Waals surface area contributed by atoms with Gasteiger partial charge in [0.05, 0.1) is 23.7 Å². The fraction of sp³-hybridized carbons (Fsp3) is 0.391. The Morgan fingerprint density at radius 3 is 2.86 bits per heavy atom. The summed E-state index contributed by atoms with van der Waals surface area (Å²) in [5.41, 5.74) is 5.70. The SMILES string of the molecule is O=C1NCCc2[nH]c(-c3cccc4c3NC(=NC3CCCCC3)CC#C4)cc21. The van der Waals surface area contributed by atoms with E-state index < -0.39 is 0 Å². The van der Waals surface area contributed by atoms with Crippen molar-refractivity contribution >= 4 is 17.4 Å². The van der Waals surface area contributed by atoms with E-state index in [1.807, 2.05) is 18.2 Å². The third-order valence-corrected chi connectivity index (χ3v) is 5.82. The first-order chi connectivity index (χ1) is 13.8. The number of anilines is 1. The first kappa shape index (κ1) is 17.1. The smallest absolute Gasteiger partial charge is 0.253 e. The van der Waals surface area contributed by atoms with E-state index in [-0.39, 0.29) is 5.91 Å². The van der Waals surface area contributed by atoms with Crippen molar-refractivity contribution in [3.05, 3.63) is 41.1 Å². The number of para-hydroxylation sites is 1. The van der Waals surface area contributed by atoms with Crippen molar-refractivity contribution in [2.75, 3.05) is 11.9 Å². The highest BCUT2D eigenvalue weighted by Gasteiger charge is 2.22. The third-order valence-electron chi connectivity index (χ3n) is 5.82. The monoisotopic (exact) mass is 372 g/mol. The molecule has 0 bridgehead atoms. The normalized spacial score (nSPS) is 20.3. The van der Waals surface area contributed by atoms with Gasteiger partial charge in [0.1, 0.15) is 5.84 Å². The van der Waals surface area contributed by atoms with Crippen LogP contribution in [0.15, 0.2) is 29.3 Å². The molecule has 2 aromatic rings. The molecule has 28 heavy (non-hydrogen) atoms. The van der Waals surface area contributed by atoms with Crippen LogP contribution in [0.25, 0.3) is 11.3 Å². The number of H-pyrrole nitrogens is 1. The van der Waals surface area contributed by atoms with Gasteiger partial charge in [-0.3, -0.25) is 9.79 Å². The van der Waals surface area contributed by atoms with E-state index >= 15 is 0 Å². The van der Waals surface area contributed by atoms with Gasteiger partial charge in [0, 0.05) is 35.5 Å². The summed E-state index contributed by atoms with van der Waals surface area (Å²) in [5.74, 6) is 7.50. The number of amidine groups is 1. The summed E-state index contributed by atoms with van der Waals surface area (Å²) >= 11 is 0. The largest absolute Gasteiger partial charge is 0.358 e. The van der Waals surface area contributed by atoms with Gasteiger partial charge in [-0.1, -0.05) is 43.2 Å². The first-order valence-corrected chi connectivity index (χ1v) is 10.2. The van der Waals surface area contributed by atoms with Crippen LogP contribution < -0.4 is 10.6 Å². The first-order valence-electron chi connectivity index (χ1n) is 10.2. The summed E-state index contributed by atoms with van der Waals surface area (Å²) in [4.78, 5) is 20.6. The summed E-state index contributed by atoms with van der Waals surface area (Å²) in [6.07, 6.45) is 7.69. The maximum absolute atomic E-state index is 12.2. The van der Waals surface area contributed by atoms with Gasteiger partial charge in [0.2, 0.25) is 0 Å². The Balaban J connectivity index is 1.52. The molecule has 0 unspecified atom stereocenters. The minimum Gasteiger partial charge on any atom is -0.358 e. The number of hydrogen-bond acceptors (Lipinski definition) is 2. The van der Waals surface area contributed by atoms with E-state index in [0.717, 1.165) is 46.0 Å². The summed E-state index contributed by atoms with van der Waals surface area (Å²) in [6, 6.07) is 8.50. The lowest BCUT2D eigenvalue weighted by molar-refractivity contribution is 0.0946. The molecule has 3 heterocycles. The number of hydrogen-bond donors (Lipinski definition) is 3. The zero-order chi connectivity index (χ0) is 18.9. The molecule has 3 aliphatic rings. The minimum atomic E-state index is -0.00179. The van der Waals surface area contributed by atoms with Gasteiger partial charge in [0.25, 0.3) is 5.91 Å². The molecule has 5 heteroatoms. The van der Waals surface area contributed by atoms with E-state index in [2.05, 4.69) is 33.5 Å². The summed E-state index contributed by atoms with van der Waals surface area (Å²) in [6.45, 7) is 0.681. The van der Waals surface area contributed by atoms with Gasteiger partial charge in [-0.15, -0.1) is 0 Å². The number of nitrogens with one attached hydrogen (secondary N) is 3. The second-order valence-corrected chi connectivity index (χ2v) is 7.78. The van der Waals surface area contributed by atoms with Crippen LogP contribution in [-0.2, 0) is 6.42 Å². The average molecular weight is 372 g/mol. The lowest BCUT2D eigenvalue weighted by Gasteiger charge is -2.20. The maximum atomic E-state index is 12.2. The molecule has 1 fully saturated rings. The van der Waals surface area contributed by atoms with Crippen molar-refractivity contribution in [1.82, 2.24) is 10.3 Å². The van der Waals surface area contributed by atoms with E-state index in [0.29, 0.717) is 19.0 Å². The number of rotatable bonds is 2. The molecule has 5 rings (SSSR count). The highest BCUT2D eigenvalue weighted by atomic mass is 16.1.